The van der Waals surface area contributed by atoms with Gasteiger partial charge >= 0.3 is 0 Å². The van der Waals surface area contributed by atoms with Crippen LogP contribution >= 0.6 is 0 Å². The van der Waals surface area contributed by atoms with Crippen molar-refractivity contribution in [3.8, 4) is 0 Å². The van der Waals surface area contributed by atoms with Crippen LogP contribution in [0.25, 0.3) is 0 Å². The molecule has 0 heterocycles. The normalized spacial score (nSPS) is 11.0. The van der Waals surface area contributed by atoms with E-state index in [9.17, 15) is 4.79 Å². The maximum atomic E-state index is 9.90. The zero-order valence-electron chi connectivity index (χ0n) is 17.5. The highest BCUT2D eigenvalue weighted by molar-refractivity contribution is 5.36. The molecule has 0 aromatic rings. The van der Waals surface area contributed by atoms with Gasteiger partial charge in [-0.05, 0) is 6.42 Å². The second-order valence-electron chi connectivity index (χ2n) is 6.60. The fraction of sp³-hybridized carbons (Fsp3) is 0.952. The van der Waals surface area contributed by atoms with Crippen LogP contribution in [0.3, 0.4) is 0 Å². The Labute approximate surface area is 166 Å². The summed E-state index contributed by atoms with van der Waals surface area (Å²) in [6, 6.07) is 0. The molecule has 0 bridgehead atoms. The molecule has 0 radical (unpaired) electrons. The number of ether oxygens (including phenoxy) is 5. The fourth-order valence-electron chi connectivity index (χ4n) is 2.61. The predicted octanol–water partition coefficient (Wildman–Crippen LogP) is 4.15. The number of hydrogen-bond donors (Lipinski definition) is 0. The quantitative estimate of drug-likeness (QED) is 0.182. The van der Waals surface area contributed by atoms with E-state index in [-0.39, 0.29) is 6.61 Å². The van der Waals surface area contributed by atoms with E-state index in [4.69, 9.17) is 18.9 Å². The van der Waals surface area contributed by atoms with Crippen LogP contribution in [0.5, 0.6) is 0 Å². The third-order valence-corrected chi connectivity index (χ3v) is 4.17. The van der Waals surface area contributed by atoms with Gasteiger partial charge in [-0.1, -0.05) is 64.7 Å². The Balaban J connectivity index is 2.96. The van der Waals surface area contributed by atoms with Crippen molar-refractivity contribution in [3.63, 3.8) is 0 Å². The topological polar surface area (TPSA) is 63.2 Å². The van der Waals surface area contributed by atoms with Crippen molar-refractivity contribution in [1.82, 2.24) is 0 Å². The van der Waals surface area contributed by atoms with Gasteiger partial charge in [-0.2, -0.15) is 0 Å². The zero-order chi connectivity index (χ0) is 19.7. The molecule has 27 heavy (non-hydrogen) atoms. The van der Waals surface area contributed by atoms with E-state index in [1.807, 2.05) is 0 Å². The van der Waals surface area contributed by atoms with Crippen LogP contribution in [-0.4, -0.2) is 65.9 Å². The molecule has 6 heteroatoms. The lowest BCUT2D eigenvalue weighted by atomic mass is 10.1. The number of rotatable bonds is 24. The molecule has 6 nitrogen and oxygen atoms in total. The third-order valence-electron chi connectivity index (χ3n) is 4.17. The first-order valence-electron chi connectivity index (χ1n) is 10.8. The molecule has 0 aliphatic heterocycles. The molecule has 162 valence electrons. The minimum absolute atomic E-state index is 0.283. The molecule has 0 saturated carbocycles. The maximum absolute atomic E-state index is 9.90. The summed E-state index contributed by atoms with van der Waals surface area (Å²) in [6.07, 6.45) is 13.5. The Bertz CT molecular complexity index is 275. The van der Waals surface area contributed by atoms with Crippen LogP contribution in [0, 0.1) is 0 Å². The van der Waals surface area contributed by atoms with Crippen molar-refractivity contribution in [2.45, 2.75) is 71.1 Å². The summed E-state index contributed by atoms with van der Waals surface area (Å²) in [5, 5.41) is 0. The van der Waals surface area contributed by atoms with Crippen molar-refractivity contribution in [2.24, 2.45) is 0 Å². The standard InChI is InChI=1S/C21H42O6/c1-2-3-4-5-6-7-8-9-10-11-12-23-13-14-24-15-16-25-17-18-26-19-20-27-21-22/h21H,2-20H2,1H3. The Morgan fingerprint density at radius 3 is 1.30 bits per heavy atom. The molecule has 0 aliphatic rings. The van der Waals surface area contributed by atoms with Gasteiger partial charge in [0.1, 0.15) is 6.61 Å². The first-order valence-corrected chi connectivity index (χ1v) is 10.8. The highest BCUT2D eigenvalue weighted by Crippen LogP contribution is 2.10. The lowest BCUT2D eigenvalue weighted by Gasteiger charge is -2.07. The molecule has 0 fully saturated rings. The average Bonchev–Trinajstić information content (AvgIpc) is 2.68. The van der Waals surface area contributed by atoms with Crippen LogP contribution in [0.4, 0.5) is 0 Å². The first kappa shape index (κ1) is 26.3. The molecular weight excluding hydrogens is 348 g/mol. The summed E-state index contributed by atoms with van der Waals surface area (Å²) in [5.74, 6) is 0. The minimum Gasteiger partial charge on any atom is -0.465 e. The van der Waals surface area contributed by atoms with Crippen molar-refractivity contribution in [3.05, 3.63) is 0 Å². The Morgan fingerprint density at radius 1 is 0.481 bits per heavy atom. The molecule has 0 spiro atoms. The highest BCUT2D eigenvalue weighted by Gasteiger charge is 1.95. The van der Waals surface area contributed by atoms with E-state index in [1.165, 1.54) is 57.8 Å². The third kappa shape index (κ3) is 25.3. The van der Waals surface area contributed by atoms with Gasteiger partial charge < -0.3 is 23.7 Å². The van der Waals surface area contributed by atoms with E-state index < -0.39 is 0 Å². The average molecular weight is 391 g/mol. The lowest BCUT2D eigenvalue weighted by molar-refractivity contribution is -0.130. The Morgan fingerprint density at radius 2 is 0.852 bits per heavy atom. The van der Waals surface area contributed by atoms with Crippen molar-refractivity contribution < 1.29 is 28.5 Å². The molecule has 0 amide bonds. The SMILES string of the molecule is CCCCCCCCCCCCOCCOCCOCCOCCOC=O. The van der Waals surface area contributed by atoms with Gasteiger partial charge in [0.05, 0.1) is 46.2 Å². The maximum Gasteiger partial charge on any atom is 0.293 e. The summed E-state index contributed by atoms with van der Waals surface area (Å²) in [5.41, 5.74) is 0. The van der Waals surface area contributed by atoms with E-state index >= 15 is 0 Å². The lowest BCUT2D eigenvalue weighted by Crippen LogP contribution is -2.13. The van der Waals surface area contributed by atoms with Gasteiger partial charge in [-0.3, -0.25) is 4.79 Å². The van der Waals surface area contributed by atoms with E-state index in [1.54, 1.807) is 0 Å². The van der Waals surface area contributed by atoms with E-state index in [0.717, 1.165) is 13.0 Å². The van der Waals surface area contributed by atoms with Gasteiger partial charge in [0.25, 0.3) is 6.47 Å². The summed E-state index contributed by atoms with van der Waals surface area (Å²) in [4.78, 5) is 9.90. The van der Waals surface area contributed by atoms with Gasteiger partial charge in [0, 0.05) is 6.61 Å². The molecule has 0 aromatic carbocycles. The number of hydrogen-bond acceptors (Lipinski definition) is 6. The monoisotopic (exact) mass is 390 g/mol. The van der Waals surface area contributed by atoms with E-state index in [2.05, 4.69) is 11.7 Å². The van der Waals surface area contributed by atoms with Gasteiger partial charge in [-0.25, -0.2) is 0 Å². The van der Waals surface area contributed by atoms with Gasteiger partial charge in [0.15, 0.2) is 0 Å². The highest BCUT2D eigenvalue weighted by atomic mass is 16.6. The minimum atomic E-state index is 0.283. The summed E-state index contributed by atoms with van der Waals surface area (Å²) >= 11 is 0. The first-order chi connectivity index (χ1) is 13.4. The van der Waals surface area contributed by atoms with Crippen molar-refractivity contribution in [2.75, 3.05) is 59.5 Å². The smallest absolute Gasteiger partial charge is 0.293 e. The largest absolute Gasteiger partial charge is 0.465 e. The molecular formula is C21H42O6. The van der Waals surface area contributed by atoms with Crippen LogP contribution in [-0.2, 0) is 28.5 Å². The van der Waals surface area contributed by atoms with E-state index in [0.29, 0.717) is 52.7 Å². The molecule has 0 N–H and O–H groups in total. The number of carbonyl (C=O) groups excluding carboxylic acids is 1. The summed E-state index contributed by atoms with van der Waals surface area (Å²) in [7, 11) is 0. The second-order valence-corrected chi connectivity index (χ2v) is 6.60. The van der Waals surface area contributed by atoms with Crippen LogP contribution < -0.4 is 0 Å². The van der Waals surface area contributed by atoms with Gasteiger partial charge in [-0.15, -0.1) is 0 Å². The predicted molar refractivity (Wildman–Crippen MR) is 107 cm³/mol. The van der Waals surface area contributed by atoms with Crippen LogP contribution in [0.1, 0.15) is 71.1 Å². The Kier molecular flexibility index (Phi) is 24.7. The fourth-order valence-corrected chi connectivity index (χ4v) is 2.61. The molecule has 0 unspecified atom stereocenters. The molecule has 0 rings (SSSR count). The molecule has 0 aliphatic carbocycles. The van der Waals surface area contributed by atoms with Crippen molar-refractivity contribution >= 4 is 6.47 Å². The van der Waals surface area contributed by atoms with Gasteiger partial charge in [0.2, 0.25) is 0 Å². The number of unbranched alkanes of at least 4 members (excludes halogenated alkanes) is 9. The van der Waals surface area contributed by atoms with Crippen LogP contribution in [0.2, 0.25) is 0 Å². The zero-order valence-corrected chi connectivity index (χ0v) is 17.5. The summed E-state index contributed by atoms with van der Waals surface area (Å²) < 4.78 is 26.1. The molecule has 0 aromatic heterocycles. The molecule has 0 atom stereocenters. The second kappa shape index (κ2) is 25.3. The Hall–Kier alpha value is -0.690. The number of carbonyl (C=O) groups is 1. The van der Waals surface area contributed by atoms with Crippen LogP contribution in [0.15, 0.2) is 0 Å². The van der Waals surface area contributed by atoms with Crippen molar-refractivity contribution in [1.29, 1.82) is 0 Å². The molecule has 0 saturated heterocycles. The summed E-state index contributed by atoms with van der Waals surface area (Å²) in [6.45, 7) is 7.57.